The van der Waals surface area contributed by atoms with Crippen molar-refractivity contribution in [3.05, 3.63) is 44.4 Å². The highest BCUT2D eigenvalue weighted by atomic mass is 35.5. The van der Waals surface area contributed by atoms with Crippen LogP contribution in [0, 0.1) is 6.92 Å². The quantitative estimate of drug-likeness (QED) is 0.672. The molecule has 0 atom stereocenters. The van der Waals surface area contributed by atoms with E-state index >= 15 is 0 Å². The van der Waals surface area contributed by atoms with Gasteiger partial charge in [0.15, 0.2) is 10.5 Å². The number of aryl methyl sites for hydroxylation is 3. The summed E-state index contributed by atoms with van der Waals surface area (Å²) in [6.45, 7) is 1.88. The number of amides is 1. The SMILES string of the molecule is Cc1cc(C(=O)N=c2sc3ccc(Cl)c(Cl)c3n2C)nn1C. The zero-order valence-electron chi connectivity index (χ0n) is 12.1. The summed E-state index contributed by atoms with van der Waals surface area (Å²) in [6, 6.07) is 5.31. The highest BCUT2D eigenvalue weighted by molar-refractivity contribution is 7.16. The van der Waals surface area contributed by atoms with Crippen LogP contribution in [0.15, 0.2) is 23.2 Å². The van der Waals surface area contributed by atoms with Crippen LogP contribution in [0.1, 0.15) is 16.2 Å². The van der Waals surface area contributed by atoms with E-state index < -0.39 is 0 Å². The predicted molar refractivity (Wildman–Crippen MR) is 88.7 cm³/mol. The number of rotatable bonds is 1. The standard InChI is InChI=1S/C14H12Cl2N4OS/c1-7-6-9(18-20(7)3)13(21)17-14-19(2)12-10(22-14)5-4-8(15)11(12)16/h4-6H,1-3H3. The lowest BCUT2D eigenvalue weighted by molar-refractivity contribution is 0.0992. The van der Waals surface area contributed by atoms with E-state index in [-0.39, 0.29) is 5.91 Å². The molecule has 8 heteroatoms. The van der Waals surface area contributed by atoms with Crippen molar-refractivity contribution in [2.24, 2.45) is 19.1 Å². The van der Waals surface area contributed by atoms with Crippen molar-refractivity contribution in [3.63, 3.8) is 0 Å². The summed E-state index contributed by atoms with van der Waals surface area (Å²) in [5, 5.41) is 5.07. The summed E-state index contributed by atoms with van der Waals surface area (Å²) in [4.78, 5) is 17.0. The minimum atomic E-state index is -0.381. The van der Waals surface area contributed by atoms with Gasteiger partial charge in [0.25, 0.3) is 5.91 Å². The second-order valence-electron chi connectivity index (χ2n) is 4.86. The Morgan fingerprint density at radius 3 is 2.68 bits per heavy atom. The van der Waals surface area contributed by atoms with Crippen LogP contribution in [-0.2, 0) is 14.1 Å². The van der Waals surface area contributed by atoms with Crippen LogP contribution in [0.25, 0.3) is 10.2 Å². The topological polar surface area (TPSA) is 52.2 Å². The van der Waals surface area contributed by atoms with Crippen LogP contribution >= 0.6 is 34.5 Å². The molecule has 0 aliphatic rings. The minimum Gasteiger partial charge on any atom is -0.318 e. The van der Waals surface area contributed by atoms with Gasteiger partial charge in [0, 0.05) is 19.8 Å². The Kier molecular flexibility index (Phi) is 3.84. The van der Waals surface area contributed by atoms with Crippen molar-refractivity contribution in [2.45, 2.75) is 6.92 Å². The fraction of sp³-hybridized carbons (Fsp3) is 0.214. The molecule has 0 saturated heterocycles. The predicted octanol–water partition coefficient (Wildman–Crippen LogP) is 3.33. The van der Waals surface area contributed by atoms with Gasteiger partial charge in [0.05, 0.1) is 20.3 Å². The first kappa shape index (κ1) is 15.3. The minimum absolute atomic E-state index is 0.321. The van der Waals surface area contributed by atoms with Crippen LogP contribution in [0.5, 0.6) is 0 Å². The van der Waals surface area contributed by atoms with Gasteiger partial charge in [-0.15, -0.1) is 0 Å². The number of aromatic nitrogens is 3. The van der Waals surface area contributed by atoms with Crippen molar-refractivity contribution < 1.29 is 4.79 Å². The van der Waals surface area contributed by atoms with Crippen LogP contribution in [0.4, 0.5) is 0 Å². The third-order valence-corrected chi connectivity index (χ3v) is 5.28. The first-order valence-corrected chi connectivity index (χ1v) is 7.99. The third-order valence-electron chi connectivity index (χ3n) is 3.39. The molecule has 0 fully saturated rings. The Labute approximate surface area is 140 Å². The Morgan fingerprint density at radius 1 is 1.32 bits per heavy atom. The summed E-state index contributed by atoms with van der Waals surface area (Å²) >= 11 is 13.7. The summed E-state index contributed by atoms with van der Waals surface area (Å²) in [7, 11) is 3.59. The van der Waals surface area contributed by atoms with E-state index in [4.69, 9.17) is 23.2 Å². The first-order valence-electron chi connectivity index (χ1n) is 6.41. The zero-order valence-corrected chi connectivity index (χ0v) is 14.4. The second kappa shape index (κ2) is 5.53. The molecule has 5 nitrogen and oxygen atoms in total. The highest BCUT2D eigenvalue weighted by Crippen LogP contribution is 2.31. The van der Waals surface area contributed by atoms with Gasteiger partial charge in [0.2, 0.25) is 0 Å². The smallest absolute Gasteiger partial charge is 0.300 e. The fourth-order valence-electron chi connectivity index (χ4n) is 2.09. The lowest BCUT2D eigenvalue weighted by Crippen LogP contribution is -2.13. The van der Waals surface area contributed by atoms with Crippen molar-refractivity contribution in [3.8, 4) is 0 Å². The van der Waals surface area contributed by atoms with Crippen LogP contribution in [-0.4, -0.2) is 20.3 Å². The Hall–Kier alpha value is -1.63. The Bertz CT molecular complexity index is 948. The highest BCUT2D eigenvalue weighted by Gasteiger charge is 2.13. The van der Waals surface area contributed by atoms with Crippen molar-refractivity contribution in [1.82, 2.24) is 14.3 Å². The maximum absolute atomic E-state index is 12.3. The maximum atomic E-state index is 12.3. The lowest BCUT2D eigenvalue weighted by Gasteiger charge is -1.99. The number of hydrogen-bond donors (Lipinski definition) is 0. The number of benzene rings is 1. The molecule has 3 rings (SSSR count). The van der Waals surface area contributed by atoms with Crippen molar-refractivity contribution >= 4 is 50.7 Å². The molecule has 0 aliphatic heterocycles. The van der Waals surface area contributed by atoms with E-state index in [1.807, 2.05) is 13.0 Å². The number of fused-ring (bicyclic) bond motifs is 1. The lowest BCUT2D eigenvalue weighted by atomic mass is 10.3. The Morgan fingerprint density at radius 2 is 2.05 bits per heavy atom. The number of carbonyl (C=O) groups excluding carboxylic acids is 1. The van der Waals surface area contributed by atoms with Crippen LogP contribution in [0.3, 0.4) is 0 Å². The molecule has 0 saturated carbocycles. The van der Waals surface area contributed by atoms with E-state index in [2.05, 4.69) is 10.1 Å². The summed E-state index contributed by atoms with van der Waals surface area (Å²) < 4.78 is 4.33. The molecule has 1 aromatic carbocycles. The molecule has 1 amide bonds. The molecular weight excluding hydrogens is 343 g/mol. The van der Waals surface area contributed by atoms with Crippen LogP contribution in [0.2, 0.25) is 10.0 Å². The van der Waals surface area contributed by atoms with Gasteiger partial charge in [-0.1, -0.05) is 34.5 Å². The van der Waals surface area contributed by atoms with Gasteiger partial charge in [-0.3, -0.25) is 9.48 Å². The molecular formula is C14H12Cl2N4OS. The van der Waals surface area contributed by atoms with E-state index in [1.165, 1.54) is 11.3 Å². The van der Waals surface area contributed by atoms with E-state index in [0.717, 1.165) is 15.9 Å². The zero-order chi connectivity index (χ0) is 16.0. The Balaban J connectivity index is 2.15. The molecule has 0 unspecified atom stereocenters. The van der Waals surface area contributed by atoms with Gasteiger partial charge in [-0.25, -0.2) is 0 Å². The largest absolute Gasteiger partial charge is 0.318 e. The molecule has 0 radical (unpaired) electrons. The van der Waals surface area contributed by atoms with Gasteiger partial charge < -0.3 is 4.57 Å². The summed E-state index contributed by atoms with van der Waals surface area (Å²) in [6.07, 6.45) is 0. The normalized spacial score (nSPS) is 12.3. The number of nitrogens with zero attached hydrogens (tertiary/aromatic N) is 4. The first-order chi connectivity index (χ1) is 10.4. The maximum Gasteiger partial charge on any atom is 0.300 e. The van der Waals surface area contributed by atoms with Gasteiger partial charge in [0.1, 0.15) is 0 Å². The second-order valence-corrected chi connectivity index (χ2v) is 6.66. The summed E-state index contributed by atoms with van der Waals surface area (Å²) in [5.74, 6) is -0.381. The molecule has 0 N–H and O–H groups in total. The van der Waals surface area contributed by atoms with E-state index in [1.54, 1.807) is 35.5 Å². The molecule has 0 bridgehead atoms. The third kappa shape index (κ3) is 2.47. The number of halogens is 2. The van der Waals surface area contributed by atoms with Crippen molar-refractivity contribution in [1.29, 1.82) is 0 Å². The van der Waals surface area contributed by atoms with Crippen molar-refractivity contribution in [2.75, 3.05) is 0 Å². The van der Waals surface area contributed by atoms with Gasteiger partial charge in [-0.05, 0) is 25.1 Å². The molecule has 0 aliphatic carbocycles. The number of carbonyl (C=O) groups is 1. The molecule has 3 aromatic rings. The van der Waals surface area contributed by atoms with E-state index in [9.17, 15) is 4.79 Å². The average molecular weight is 355 g/mol. The molecule has 22 heavy (non-hydrogen) atoms. The molecule has 2 heterocycles. The molecule has 2 aromatic heterocycles. The number of hydrogen-bond acceptors (Lipinski definition) is 3. The van der Waals surface area contributed by atoms with E-state index in [0.29, 0.717) is 20.5 Å². The summed E-state index contributed by atoms with van der Waals surface area (Å²) in [5.41, 5.74) is 1.98. The van der Waals surface area contributed by atoms with Gasteiger partial charge >= 0.3 is 0 Å². The fourth-order valence-corrected chi connectivity index (χ4v) is 3.61. The monoisotopic (exact) mass is 354 g/mol. The van der Waals surface area contributed by atoms with Crippen LogP contribution < -0.4 is 4.80 Å². The average Bonchev–Trinajstić information content (AvgIpc) is 2.96. The molecule has 0 spiro atoms. The van der Waals surface area contributed by atoms with Gasteiger partial charge in [-0.2, -0.15) is 10.1 Å². The number of thiazole rings is 1. The molecule has 114 valence electrons.